The SMILES string of the molecule is CCn1c(Br)nc(C=O)c1C(=O)OC1CCOC1. The summed E-state index contributed by atoms with van der Waals surface area (Å²) < 4.78 is 12.5. The Morgan fingerprint density at radius 1 is 1.72 bits per heavy atom. The van der Waals surface area contributed by atoms with Crippen LogP contribution in [-0.4, -0.2) is 41.1 Å². The molecule has 1 fully saturated rings. The third-order valence-corrected chi connectivity index (χ3v) is 3.34. The van der Waals surface area contributed by atoms with Crippen LogP contribution < -0.4 is 0 Å². The summed E-state index contributed by atoms with van der Waals surface area (Å²) in [5.74, 6) is -0.535. The van der Waals surface area contributed by atoms with Crippen molar-refractivity contribution in [2.24, 2.45) is 0 Å². The van der Waals surface area contributed by atoms with E-state index >= 15 is 0 Å². The molecule has 98 valence electrons. The molecule has 0 bridgehead atoms. The summed E-state index contributed by atoms with van der Waals surface area (Å²) in [7, 11) is 0. The van der Waals surface area contributed by atoms with E-state index in [1.807, 2.05) is 6.92 Å². The predicted octanol–water partition coefficient (Wildman–Crippen LogP) is 1.42. The number of carbonyl (C=O) groups excluding carboxylic acids is 2. The lowest BCUT2D eigenvalue weighted by Gasteiger charge is -2.11. The van der Waals surface area contributed by atoms with Gasteiger partial charge in [0, 0.05) is 13.0 Å². The van der Waals surface area contributed by atoms with Crippen LogP contribution in [0.2, 0.25) is 0 Å². The second kappa shape index (κ2) is 5.62. The Bertz CT molecular complexity index is 466. The van der Waals surface area contributed by atoms with Gasteiger partial charge in [-0.3, -0.25) is 4.79 Å². The molecule has 1 atom stereocenters. The Kier molecular flexibility index (Phi) is 4.13. The molecule has 0 amide bonds. The molecule has 1 aliphatic rings. The number of imidazole rings is 1. The fourth-order valence-corrected chi connectivity index (χ4v) is 2.46. The molecule has 0 N–H and O–H groups in total. The maximum atomic E-state index is 12.1. The summed E-state index contributed by atoms with van der Waals surface area (Å²) in [4.78, 5) is 27.0. The van der Waals surface area contributed by atoms with Gasteiger partial charge in [0.05, 0.1) is 13.2 Å². The second-order valence-electron chi connectivity index (χ2n) is 3.87. The predicted molar refractivity (Wildman–Crippen MR) is 65.6 cm³/mol. The molecule has 0 spiro atoms. The highest BCUT2D eigenvalue weighted by Gasteiger charge is 2.26. The molecule has 0 aliphatic carbocycles. The van der Waals surface area contributed by atoms with Crippen LogP contribution in [0.15, 0.2) is 4.73 Å². The van der Waals surface area contributed by atoms with Crippen molar-refractivity contribution < 1.29 is 19.1 Å². The lowest BCUT2D eigenvalue weighted by Crippen LogP contribution is -2.21. The van der Waals surface area contributed by atoms with Crippen LogP contribution in [0.4, 0.5) is 0 Å². The minimum absolute atomic E-state index is 0.0904. The van der Waals surface area contributed by atoms with E-state index in [4.69, 9.17) is 9.47 Å². The van der Waals surface area contributed by atoms with Gasteiger partial charge in [-0.05, 0) is 22.9 Å². The highest BCUT2D eigenvalue weighted by molar-refractivity contribution is 9.10. The summed E-state index contributed by atoms with van der Waals surface area (Å²) in [5, 5.41) is 0. The minimum atomic E-state index is -0.535. The zero-order valence-corrected chi connectivity index (χ0v) is 11.5. The van der Waals surface area contributed by atoms with Crippen molar-refractivity contribution in [2.75, 3.05) is 13.2 Å². The monoisotopic (exact) mass is 316 g/mol. The fraction of sp³-hybridized carbons (Fsp3) is 0.545. The van der Waals surface area contributed by atoms with E-state index in [2.05, 4.69) is 20.9 Å². The van der Waals surface area contributed by atoms with E-state index in [1.54, 1.807) is 4.57 Å². The maximum Gasteiger partial charge on any atom is 0.357 e. The van der Waals surface area contributed by atoms with Gasteiger partial charge in [-0.25, -0.2) is 9.78 Å². The van der Waals surface area contributed by atoms with E-state index in [0.29, 0.717) is 37.2 Å². The average molecular weight is 317 g/mol. The maximum absolute atomic E-state index is 12.1. The molecule has 0 aromatic carbocycles. The van der Waals surface area contributed by atoms with Crippen molar-refractivity contribution in [3.8, 4) is 0 Å². The Morgan fingerprint density at radius 2 is 2.50 bits per heavy atom. The first-order valence-corrected chi connectivity index (χ1v) is 6.46. The second-order valence-corrected chi connectivity index (χ2v) is 4.58. The van der Waals surface area contributed by atoms with Crippen molar-refractivity contribution in [1.82, 2.24) is 9.55 Å². The highest BCUT2D eigenvalue weighted by Crippen LogP contribution is 2.19. The molecule has 1 aliphatic heterocycles. The first kappa shape index (κ1) is 13.2. The van der Waals surface area contributed by atoms with Crippen LogP contribution in [0.5, 0.6) is 0 Å². The molecular weight excluding hydrogens is 304 g/mol. The van der Waals surface area contributed by atoms with Crippen LogP contribution >= 0.6 is 15.9 Å². The fourth-order valence-electron chi connectivity index (χ4n) is 1.84. The molecule has 1 unspecified atom stereocenters. The van der Waals surface area contributed by atoms with E-state index < -0.39 is 5.97 Å². The minimum Gasteiger partial charge on any atom is -0.455 e. The van der Waals surface area contributed by atoms with Crippen LogP contribution in [0.3, 0.4) is 0 Å². The zero-order valence-electron chi connectivity index (χ0n) is 9.89. The Hall–Kier alpha value is -1.21. The molecule has 6 nitrogen and oxygen atoms in total. The number of esters is 1. The van der Waals surface area contributed by atoms with Crippen molar-refractivity contribution >= 4 is 28.2 Å². The van der Waals surface area contributed by atoms with Gasteiger partial charge in [0.1, 0.15) is 11.8 Å². The van der Waals surface area contributed by atoms with Gasteiger partial charge in [-0.15, -0.1) is 0 Å². The lowest BCUT2D eigenvalue weighted by molar-refractivity contribution is 0.0257. The van der Waals surface area contributed by atoms with Crippen molar-refractivity contribution in [1.29, 1.82) is 0 Å². The summed E-state index contributed by atoms with van der Waals surface area (Å²) in [5.41, 5.74) is 0.277. The van der Waals surface area contributed by atoms with Gasteiger partial charge in [-0.1, -0.05) is 0 Å². The number of rotatable bonds is 4. The number of halogens is 1. The van der Waals surface area contributed by atoms with Crippen LogP contribution in [0, 0.1) is 0 Å². The Morgan fingerprint density at radius 3 is 3.06 bits per heavy atom. The van der Waals surface area contributed by atoms with Gasteiger partial charge >= 0.3 is 5.97 Å². The number of carbonyl (C=O) groups is 2. The van der Waals surface area contributed by atoms with Crippen LogP contribution in [-0.2, 0) is 16.0 Å². The molecule has 0 saturated carbocycles. The third-order valence-electron chi connectivity index (χ3n) is 2.73. The first-order chi connectivity index (χ1) is 8.67. The number of aldehydes is 1. The van der Waals surface area contributed by atoms with Gasteiger partial charge in [0.15, 0.2) is 16.7 Å². The Labute approximate surface area is 112 Å². The summed E-state index contributed by atoms with van der Waals surface area (Å²) in [6.07, 6.45) is 0.999. The topological polar surface area (TPSA) is 70.4 Å². The van der Waals surface area contributed by atoms with Crippen LogP contribution in [0.1, 0.15) is 34.3 Å². The average Bonchev–Trinajstić information content (AvgIpc) is 2.95. The van der Waals surface area contributed by atoms with Gasteiger partial charge in [-0.2, -0.15) is 0 Å². The largest absolute Gasteiger partial charge is 0.455 e. The molecular formula is C11H13BrN2O4. The zero-order chi connectivity index (χ0) is 13.1. The smallest absolute Gasteiger partial charge is 0.357 e. The normalized spacial score (nSPS) is 18.9. The summed E-state index contributed by atoms with van der Waals surface area (Å²) >= 11 is 3.21. The first-order valence-electron chi connectivity index (χ1n) is 5.67. The van der Waals surface area contributed by atoms with Gasteiger partial charge in [0.25, 0.3) is 0 Å². The molecule has 7 heteroatoms. The third kappa shape index (κ3) is 2.46. The van der Waals surface area contributed by atoms with Crippen LogP contribution in [0.25, 0.3) is 0 Å². The number of ether oxygens (including phenoxy) is 2. The number of nitrogens with zero attached hydrogens (tertiary/aromatic N) is 2. The van der Waals surface area contributed by atoms with Crippen molar-refractivity contribution in [3.05, 3.63) is 16.1 Å². The lowest BCUT2D eigenvalue weighted by atomic mass is 10.3. The van der Waals surface area contributed by atoms with E-state index in [9.17, 15) is 9.59 Å². The molecule has 18 heavy (non-hydrogen) atoms. The van der Waals surface area contributed by atoms with E-state index in [-0.39, 0.29) is 17.5 Å². The number of hydrogen-bond acceptors (Lipinski definition) is 5. The number of hydrogen-bond donors (Lipinski definition) is 0. The molecule has 0 radical (unpaired) electrons. The van der Waals surface area contributed by atoms with Crippen molar-refractivity contribution in [3.63, 3.8) is 0 Å². The number of aromatic nitrogens is 2. The molecule has 2 heterocycles. The molecule has 1 aromatic rings. The molecule has 2 rings (SSSR count). The summed E-state index contributed by atoms with van der Waals surface area (Å²) in [6.45, 7) is 3.38. The standard InChI is InChI=1S/C11H13BrN2O4/c1-2-14-9(8(5-15)13-11(14)12)10(16)18-7-3-4-17-6-7/h5,7H,2-4,6H2,1H3. The van der Waals surface area contributed by atoms with Gasteiger partial charge in [0.2, 0.25) is 0 Å². The van der Waals surface area contributed by atoms with Crippen molar-refractivity contribution in [2.45, 2.75) is 26.0 Å². The van der Waals surface area contributed by atoms with E-state index in [0.717, 1.165) is 0 Å². The highest BCUT2D eigenvalue weighted by atomic mass is 79.9. The Balaban J connectivity index is 2.24. The quantitative estimate of drug-likeness (QED) is 0.620. The molecule has 1 saturated heterocycles. The van der Waals surface area contributed by atoms with E-state index in [1.165, 1.54) is 0 Å². The summed E-state index contributed by atoms with van der Waals surface area (Å²) in [6, 6.07) is 0. The van der Waals surface area contributed by atoms with Gasteiger partial charge < -0.3 is 14.0 Å². The molecule has 1 aromatic heterocycles.